The lowest BCUT2D eigenvalue weighted by atomic mass is 10.1. The Morgan fingerprint density at radius 2 is 2.06 bits per heavy atom. The maximum absolute atomic E-state index is 11.8. The van der Waals surface area contributed by atoms with Crippen LogP contribution in [-0.4, -0.2) is 24.2 Å². The number of benzene rings is 1. The molecule has 0 spiro atoms. The molecule has 0 saturated carbocycles. The lowest BCUT2D eigenvalue weighted by Gasteiger charge is -2.20. The maximum Gasteiger partial charge on any atom is 0.273 e. The summed E-state index contributed by atoms with van der Waals surface area (Å²) in [5, 5.41) is -0.0136. The summed E-state index contributed by atoms with van der Waals surface area (Å²) in [4.78, 5) is 11.8. The Kier molecular flexibility index (Phi) is 3.29. The standard InChI is InChI=1S/C10H11N3O3S/c11-10(17)13-12-9(14)6-2-1-3-7-8(6)16-5-4-15-7/h1-3H,4-5H2,(H,12,14)(H3,11,13,17). The third-order valence-corrected chi connectivity index (χ3v) is 2.21. The zero-order chi connectivity index (χ0) is 12.3. The van der Waals surface area contributed by atoms with Crippen molar-refractivity contribution in [2.45, 2.75) is 0 Å². The highest BCUT2D eigenvalue weighted by molar-refractivity contribution is 7.80. The maximum atomic E-state index is 11.8. The van der Waals surface area contributed by atoms with E-state index in [9.17, 15) is 4.79 Å². The van der Waals surface area contributed by atoms with Gasteiger partial charge in [-0.3, -0.25) is 15.6 Å². The number of hydrogen-bond donors (Lipinski definition) is 3. The molecule has 2 rings (SSSR count). The van der Waals surface area contributed by atoms with Gasteiger partial charge in [0.15, 0.2) is 16.6 Å². The molecule has 90 valence electrons. The Balaban J connectivity index is 2.20. The van der Waals surface area contributed by atoms with Crippen molar-refractivity contribution in [2.75, 3.05) is 13.2 Å². The topological polar surface area (TPSA) is 85.6 Å². The Bertz CT molecular complexity index is 464. The first-order valence-corrected chi connectivity index (χ1v) is 5.33. The number of nitrogens with one attached hydrogen (secondary N) is 2. The summed E-state index contributed by atoms with van der Waals surface area (Å²) < 4.78 is 10.8. The molecule has 0 fully saturated rings. The highest BCUT2D eigenvalue weighted by Crippen LogP contribution is 2.33. The van der Waals surface area contributed by atoms with Gasteiger partial charge < -0.3 is 15.2 Å². The van der Waals surface area contributed by atoms with E-state index in [0.717, 1.165) is 0 Å². The Morgan fingerprint density at radius 3 is 2.82 bits per heavy atom. The molecule has 6 nitrogen and oxygen atoms in total. The molecule has 0 atom stereocenters. The number of carbonyl (C=O) groups is 1. The Labute approximate surface area is 103 Å². The number of ether oxygens (including phenoxy) is 2. The zero-order valence-corrected chi connectivity index (χ0v) is 9.67. The van der Waals surface area contributed by atoms with Crippen LogP contribution in [0.5, 0.6) is 11.5 Å². The normalized spacial score (nSPS) is 12.7. The van der Waals surface area contributed by atoms with Gasteiger partial charge >= 0.3 is 0 Å². The molecule has 0 bridgehead atoms. The van der Waals surface area contributed by atoms with Gasteiger partial charge in [0, 0.05) is 0 Å². The molecule has 0 unspecified atom stereocenters. The van der Waals surface area contributed by atoms with Gasteiger partial charge in [0.2, 0.25) is 0 Å². The largest absolute Gasteiger partial charge is 0.486 e. The number of amides is 1. The SMILES string of the molecule is NC(=S)NNC(=O)c1cccc2c1OCCO2. The first-order chi connectivity index (χ1) is 8.18. The molecule has 1 amide bonds. The summed E-state index contributed by atoms with van der Waals surface area (Å²) >= 11 is 4.58. The summed E-state index contributed by atoms with van der Waals surface area (Å²) in [6.45, 7) is 0.892. The first-order valence-electron chi connectivity index (χ1n) is 4.93. The average Bonchev–Trinajstić information content (AvgIpc) is 2.35. The zero-order valence-electron chi connectivity index (χ0n) is 8.86. The molecule has 1 aliphatic heterocycles. The summed E-state index contributed by atoms with van der Waals surface area (Å²) in [6.07, 6.45) is 0. The second-order valence-corrected chi connectivity index (χ2v) is 3.71. The van der Waals surface area contributed by atoms with Crippen LogP contribution in [0.15, 0.2) is 18.2 Å². The minimum atomic E-state index is -0.389. The quantitative estimate of drug-likeness (QED) is 0.480. The van der Waals surface area contributed by atoms with Crippen LogP contribution < -0.4 is 26.1 Å². The van der Waals surface area contributed by atoms with Crippen LogP contribution in [0, 0.1) is 0 Å². The van der Waals surface area contributed by atoms with Gasteiger partial charge in [0.05, 0.1) is 5.56 Å². The molecule has 0 saturated heterocycles. The fourth-order valence-electron chi connectivity index (χ4n) is 1.44. The van der Waals surface area contributed by atoms with E-state index in [1.54, 1.807) is 18.2 Å². The molecule has 4 N–H and O–H groups in total. The number of nitrogens with two attached hydrogens (primary N) is 1. The van der Waals surface area contributed by atoms with Crippen molar-refractivity contribution < 1.29 is 14.3 Å². The van der Waals surface area contributed by atoms with E-state index in [4.69, 9.17) is 15.2 Å². The summed E-state index contributed by atoms with van der Waals surface area (Å²) in [7, 11) is 0. The van der Waals surface area contributed by atoms with Gasteiger partial charge in [-0.25, -0.2) is 0 Å². The van der Waals surface area contributed by atoms with Crippen molar-refractivity contribution in [1.82, 2.24) is 10.9 Å². The van der Waals surface area contributed by atoms with Crippen molar-refractivity contribution in [2.24, 2.45) is 5.73 Å². The van der Waals surface area contributed by atoms with Crippen molar-refractivity contribution in [3.05, 3.63) is 23.8 Å². The predicted molar refractivity (Wildman–Crippen MR) is 64.8 cm³/mol. The third kappa shape index (κ3) is 2.56. The molecular weight excluding hydrogens is 242 g/mol. The minimum Gasteiger partial charge on any atom is -0.486 e. The van der Waals surface area contributed by atoms with Gasteiger partial charge in [-0.05, 0) is 24.4 Å². The van der Waals surface area contributed by atoms with Gasteiger partial charge in [-0.2, -0.15) is 0 Å². The van der Waals surface area contributed by atoms with E-state index < -0.39 is 0 Å². The van der Waals surface area contributed by atoms with Crippen LogP contribution in [0.25, 0.3) is 0 Å². The Morgan fingerprint density at radius 1 is 1.29 bits per heavy atom. The lowest BCUT2D eigenvalue weighted by molar-refractivity contribution is 0.0933. The second kappa shape index (κ2) is 4.88. The number of hydrazine groups is 1. The monoisotopic (exact) mass is 253 g/mol. The molecule has 1 aliphatic rings. The molecule has 7 heteroatoms. The van der Waals surface area contributed by atoms with Crippen LogP contribution in [0.3, 0.4) is 0 Å². The summed E-state index contributed by atoms with van der Waals surface area (Å²) in [5.74, 6) is 0.598. The number of carbonyl (C=O) groups excluding carboxylic acids is 1. The second-order valence-electron chi connectivity index (χ2n) is 3.27. The summed E-state index contributed by atoms with van der Waals surface area (Å²) in [5.41, 5.74) is 10.3. The van der Waals surface area contributed by atoms with Crippen molar-refractivity contribution >= 4 is 23.2 Å². The van der Waals surface area contributed by atoms with Gasteiger partial charge in [-0.15, -0.1) is 0 Å². The number of rotatable bonds is 1. The van der Waals surface area contributed by atoms with E-state index in [1.807, 2.05) is 0 Å². The van der Waals surface area contributed by atoms with E-state index in [0.29, 0.717) is 30.3 Å². The smallest absolute Gasteiger partial charge is 0.273 e. The van der Waals surface area contributed by atoms with Gasteiger partial charge in [-0.1, -0.05) is 6.07 Å². The number of fused-ring (bicyclic) bond motifs is 1. The molecule has 1 aromatic carbocycles. The summed E-state index contributed by atoms with van der Waals surface area (Å²) in [6, 6.07) is 5.08. The van der Waals surface area contributed by atoms with Crippen molar-refractivity contribution in [3.63, 3.8) is 0 Å². The predicted octanol–water partition coefficient (Wildman–Crippen LogP) is -0.0642. The van der Waals surface area contributed by atoms with E-state index in [-0.39, 0.29) is 11.0 Å². The van der Waals surface area contributed by atoms with Crippen molar-refractivity contribution in [3.8, 4) is 11.5 Å². The molecule has 0 aliphatic carbocycles. The minimum absolute atomic E-state index is 0.0136. The highest BCUT2D eigenvalue weighted by atomic mass is 32.1. The van der Waals surface area contributed by atoms with Crippen molar-refractivity contribution in [1.29, 1.82) is 0 Å². The fraction of sp³-hybridized carbons (Fsp3) is 0.200. The van der Waals surface area contributed by atoms with Crippen LogP contribution in [0.4, 0.5) is 0 Å². The third-order valence-electron chi connectivity index (χ3n) is 2.11. The first kappa shape index (κ1) is 11.5. The van der Waals surface area contributed by atoms with Crippen LogP contribution >= 0.6 is 12.2 Å². The molecule has 1 heterocycles. The van der Waals surface area contributed by atoms with E-state index in [1.165, 1.54) is 0 Å². The number of para-hydroxylation sites is 1. The number of hydrogen-bond acceptors (Lipinski definition) is 4. The molecule has 17 heavy (non-hydrogen) atoms. The molecule has 1 aromatic rings. The fourth-order valence-corrected chi connectivity index (χ4v) is 1.49. The van der Waals surface area contributed by atoms with Crippen LogP contribution in [-0.2, 0) is 0 Å². The molecule has 0 aromatic heterocycles. The lowest BCUT2D eigenvalue weighted by Crippen LogP contribution is -2.44. The van der Waals surface area contributed by atoms with Gasteiger partial charge in [0.25, 0.3) is 5.91 Å². The highest BCUT2D eigenvalue weighted by Gasteiger charge is 2.20. The average molecular weight is 253 g/mol. The molecule has 0 radical (unpaired) electrons. The van der Waals surface area contributed by atoms with E-state index in [2.05, 4.69) is 23.1 Å². The Hall–Kier alpha value is -2.02. The number of thiocarbonyl (C=S) groups is 1. The molecular formula is C10H11N3O3S. The van der Waals surface area contributed by atoms with E-state index >= 15 is 0 Å². The van der Waals surface area contributed by atoms with Gasteiger partial charge in [0.1, 0.15) is 13.2 Å². The van der Waals surface area contributed by atoms with Crippen LogP contribution in [0.2, 0.25) is 0 Å². The van der Waals surface area contributed by atoms with Crippen LogP contribution in [0.1, 0.15) is 10.4 Å².